The van der Waals surface area contributed by atoms with Crippen LogP contribution in [0.2, 0.25) is 0 Å². The van der Waals surface area contributed by atoms with Gasteiger partial charge in [0.2, 0.25) is 5.91 Å². The van der Waals surface area contributed by atoms with Crippen LogP contribution in [-0.4, -0.2) is 99.6 Å². The Morgan fingerprint density at radius 1 is 0.541 bits per heavy atom. The summed E-state index contributed by atoms with van der Waals surface area (Å²) in [6.07, 6.45) is 53.8. The average molecular weight is 1040 g/mol. The first-order valence-corrected chi connectivity index (χ1v) is 30.2. The highest BCUT2D eigenvalue weighted by atomic mass is 16.7. The zero-order valence-corrected chi connectivity index (χ0v) is 47.2. The van der Waals surface area contributed by atoms with Gasteiger partial charge in [0.15, 0.2) is 12.4 Å². The van der Waals surface area contributed by atoms with Gasteiger partial charge in [-0.3, -0.25) is 9.59 Å². The normalized spacial score (nSPS) is 19.8. The molecule has 0 aromatic heterocycles. The van der Waals surface area contributed by atoms with Gasteiger partial charge in [-0.1, -0.05) is 229 Å². The summed E-state index contributed by atoms with van der Waals surface area (Å²) in [4.78, 5) is 26.5. The number of aliphatic hydroxyl groups is 5. The van der Waals surface area contributed by atoms with Crippen molar-refractivity contribution in [3.05, 3.63) is 72.9 Å². The maximum Gasteiger partial charge on any atom is 0.306 e. The molecular weight excluding hydrogens is 931 g/mol. The van der Waals surface area contributed by atoms with E-state index in [-0.39, 0.29) is 19.4 Å². The zero-order chi connectivity index (χ0) is 54.0. The van der Waals surface area contributed by atoms with Crippen LogP contribution in [0.3, 0.4) is 0 Å². The van der Waals surface area contributed by atoms with Crippen molar-refractivity contribution in [3.8, 4) is 0 Å². The molecule has 428 valence electrons. The monoisotopic (exact) mass is 1040 g/mol. The van der Waals surface area contributed by atoms with Crippen molar-refractivity contribution >= 4 is 11.9 Å². The first kappa shape index (κ1) is 69.1. The number of esters is 1. The number of hydrogen-bond donors (Lipinski definition) is 6. The Bertz CT molecular complexity index is 1480. The molecule has 1 amide bonds. The van der Waals surface area contributed by atoms with E-state index in [1.165, 1.54) is 122 Å². The molecule has 0 bridgehead atoms. The fourth-order valence-corrected chi connectivity index (χ4v) is 9.05. The lowest BCUT2D eigenvalue weighted by atomic mass is 9.99. The van der Waals surface area contributed by atoms with Crippen LogP contribution in [0.4, 0.5) is 0 Å². The number of amides is 1. The summed E-state index contributed by atoms with van der Waals surface area (Å²) in [5.41, 5.74) is 0. The standard InChI is InChI=1S/C63H111NO10/c1-4-7-10-13-16-19-22-24-25-26-27-28-29-30-31-33-36-39-42-45-48-51-58(68)74-61-60(70)59(69)57(52-65)73-63(61)72-53-54(55(66)49-46-43-40-37-34-21-18-15-12-9-6-3)64-62(71)56(67)50-47-44-41-38-35-32-23-20-17-14-11-8-5-2/h8,11,16-17,19-20,24-25,32,35,46,49,54-57,59-61,63,65-67,69-70H,4-7,9-10,12-15,18,21-23,26-31,33-34,36-45,47-48,50-53H2,1-3H3,(H,64,71)/b11-8+,19-16-,20-17+,25-24-,35-32+,49-46+. The molecule has 0 saturated carbocycles. The second-order valence-electron chi connectivity index (χ2n) is 20.7. The van der Waals surface area contributed by atoms with E-state index in [9.17, 15) is 35.1 Å². The van der Waals surface area contributed by atoms with Gasteiger partial charge < -0.3 is 45.1 Å². The number of hydrogen-bond acceptors (Lipinski definition) is 10. The van der Waals surface area contributed by atoms with Crippen LogP contribution in [0.15, 0.2) is 72.9 Å². The lowest BCUT2D eigenvalue weighted by Gasteiger charge is -2.41. The molecule has 0 aliphatic carbocycles. The summed E-state index contributed by atoms with van der Waals surface area (Å²) < 4.78 is 17.6. The number of carbonyl (C=O) groups excluding carboxylic acids is 2. The van der Waals surface area contributed by atoms with E-state index in [4.69, 9.17) is 14.2 Å². The van der Waals surface area contributed by atoms with Gasteiger partial charge in [-0.2, -0.15) is 0 Å². The van der Waals surface area contributed by atoms with Crippen LogP contribution >= 0.6 is 0 Å². The quantitative estimate of drug-likeness (QED) is 0.0195. The summed E-state index contributed by atoms with van der Waals surface area (Å²) in [5.74, 6) is -1.22. The number of carbonyl (C=O) groups is 2. The highest BCUT2D eigenvalue weighted by molar-refractivity contribution is 5.80. The number of unbranched alkanes of at least 4 members (excludes halogenated alkanes) is 26. The molecule has 8 unspecified atom stereocenters. The summed E-state index contributed by atoms with van der Waals surface area (Å²) in [6.45, 7) is 5.62. The fraction of sp³-hybridized carbons (Fsp3) is 0.778. The van der Waals surface area contributed by atoms with Gasteiger partial charge in [-0.25, -0.2) is 0 Å². The van der Waals surface area contributed by atoms with E-state index in [1.807, 2.05) is 6.08 Å². The van der Waals surface area contributed by atoms with Gasteiger partial charge in [0, 0.05) is 6.42 Å². The first-order valence-electron chi connectivity index (χ1n) is 30.2. The zero-order valence-electron chi connectivity index (χ0n) is 47.2. The molecule has 0 spiro atoms. The summed E-state index contributed by atoms with van der Waals surface area (Å²) in [7, 11) is 0. The van der Waals surface area contributed by atoms with Crippen molar-refractivity contribution in [1.29, 1.82) is 0 Å². The molecule has 8 atom stereocenters. The third-order valence-electron chi connectivity index (χ3n) is 13.8. The SMILES string of the molecule is CC/C=C/C/C=C/C/C=C/CCCCCC(O)C(=O)NC(COC1OC(CO)C(O)C(O)C1OC(=O)CCCCCCCCCCCCC/C=C\C/C=C\CCCCC)C(O)/C=C/CCCCCCCCCCC. The number of ether oxygens (including phenoxy) is 3. The minimum Gasteiger partial charge on any atom is -0.454 e. The predicted molar refractivity (Wildman–Crippen MR) is 306 cm³/mol. The van der Waals surface area contributed by atoms with Crippen LogP contribution in [-0.2, 0) is 23.8 Å². The maximum absolute atomic E-state index is 13.4. The number of aliphatic hydroxyl groups excluding tert-OH is 5. The lowest BCUT2D eigenvalue weighted by molar-refractivity contribution is -0.305. The molecule has 0 aromatic rings. The second-order valence-corrected chi connectivity index (χ2v) is 20.7. The average Bonchev–Trinajstić information content (AvgIpc) is 3.40. The summed E-state index contributed by atoms with van der Waals surface area (Å²) in [5, 5.41) is 56.8. The molecule has 0 aromatic carbocycles. The van der Waals surface area contributed by atoms with Crippen molar-refractivity contribution in [1.82, 2.24) is 5.32 Å². The van der Waals surface area contributed by atoms with E-state index in [0.717, 1.165) is 83.5 Å². The van der Waals surface area contributed by atoms with Crippen LogP contribution in [0, 0.1) is 0 Å². The molecule has 1 rings (SSSR count). The topological polar surface area (TPSA) is 175 Å². The van der Waals surface area contributed by atoms with Gasteiger partial charge in [-0.15, -0.1) is 0 Å². The highest BCUT2D eigenvalue weighted by Gasteiger charge is 2.47. The third kappa shape index (κ3) is 38.6. The predicted octanol–water partition coefficient (Wildman–Crippen LogP) is 14.0. The van der Waals surface area contributed by atoms with E-state index in [2.05, 4.69) is 86.8 Å². The number of allylic oxidation sites excluding steroid dienone is 11. The molecule has 1 fully saturated rings. The van der Waals surface area contributed by atoms with Crippen molar-refractivity contribution in [2.24, 2.45) is 0 Å². The Kier molecular flexibility index (Phi) is 47.5. The smallest absolute Gasteiger partial charge is 0.306 e. The van der Waals surface area contributed by atoms with Crippen molar-refractivity contribution < 1.29 is 49.3 Å². The number of rotatable bonds is 50. The maximum atomic E-state index is 13.4. The van der Waals surface area contributed by atoms with Crippen LogP contribution < -0.4 is 5.32 Å². The Morgan fingerprint density at radius 3 is 1.49 bits per heavy atom. The van der Waals surface area contributed by atoms with Crippen molar-refractivity contribution in [2.45, 2.75) is 301 Å². The number of nitrogens with one attached hydrogen (secondary N) is 1. The largest absolute Gasteiger partial charge is 0.454 e. The van der Waals surface area contributed by atoms with Gasteiger partial charge in [0.25, 0.3) is 0 Å². The molecule has 11 heteroatoms. The van der Waals surface area contributed by atoms with Gasteiger partial charge >= 0.3 is 5.97 Å². The van der Waals surface area contributed by atoms with Crippen LogP contribution in [0.25, 0.3) is 0 Å². The van der Waals surface area contributed by atoms with E-state index < -0.39 is 67.4 Å². The van der Waals surface area contributed by atoms with Crippen molar-refractivity contribution in [2.75, 3.05) is 13.2 Å². The fourth-order valence-electron chi connectivity index (χ4n) is 9.05. The van der Waals surface area contributed by atoms with E-state index >= 15 is 0 Å². The Hall–Kier alpha value is -2.90. The van der Waals surface area contributed by atoms with E-state index in [0.29, 0.717) is 12.8 Å². The van der Waals surface area contributed by atoms with Crippen LogP contribution in [0.1, 0.15) is 252 Å². The Morgan fingerprint density at radius 2 is 0.973 bits per heavy atom. The van der Waals surface area contributed by atoms with Gasteiger partial charge in [0.05, 0.1) is 25.4 Å². The minimum atomic E-state index is -1.62. The molecule has 1 aliphatic heterocycles. The minimum absolute atomic E-state index is 0.116. The van der Waals surface area contributed by atoms with Crippen molar-refractivity contribution in [3.63, 3.8) is 0 Å². The molecule has 1 aliphatic rings. The molecule has 0 radical (unpaired) electrons. The lowest BCUT2D eigenvalue weighted by Crippen LogP contribution is -2.61. The summed E-state index contributed by atoms with van der Waals surface area (Å²) >= 11 is 0. The van der Waals surface area contributed by atoms with Crippen LogP contribution in [0.5, 0.6) is 0 Å². The molecule has 11 nitrogen and oxygen atoms in total. The Labute approximate surface area is 451 Å². The summed E-state index contributed by atoms with van der Waals surface area (Å²) in [6, 6.07) is -1.04. The Balaban J connectivity index is 2.66. The molecular formula is C63H111NO10. The first-order chi connectivity index (χ1) is 36.2. The third-order valence-corrected chi connectivity index (χ3v) is 13.8. The molecule has 1 heterocycles. The molecule has 6 N–H and O–H groups in total. The second kappa shape index (κ2) is 50.9. The van der Waals surface area contributed by atoms with Gasteiger partial charge in [0.1, 0.15) is 24.4 Å². The molecule has 1 saturated heterocycles. The van der Waals surface area contributed by atoms with Gasteiger partial charge in [-0.05, 0) is 89.9 Å². The molecule has 74 heavy (non-hydrogen) atoms. The van der Waals surface area contributed by atoms with E-state index in [1.54, 1.807) is 6.08 Å². The highest BCUT2D eigenvalue weighted by Crippen LogP contribution is 2.26.